The monoisotopic (exact) mass is 126 g/mol. The molecule has 0 radical (unpaired) electrons. The van der Waals surface area contributed by atoms with Crippen LogP contribution in [0.5, 0.6) is 0 Å². The molecule has 0 bridgehead atoms. The van der Waals surface area contributed by atoms with Crippen molar-refractivity contribution < 1.29 is 0 Å². The third-order valence-electron chi connectivity index (χ3n) is 1.65. The first-order valence-electron chi connectivity index (χ1n) is 3.45. The van der Waals surface area contributed by atoms with Gasteiger partial charge in [-0.3, -0.25) is 0 Å². The molecule has 0 spiro atoms. The second kappa shape index (κ2) is 2.99. The number of nitrogens with two attached hydrogens (primary N) is 2. The lowest BCUT2D eigenvalue weighted by Gasteiger charge is -2.10. The standard InChI is InChI=1S/C7H14N2/c8-6-3-1-2-4-7(9)5-6/h1-2,6-7H,3-5,8-9H2. The third kappa shape index (κ3) is 2.16. The fourth-order valence-electron chi connectivity index (χ4n) is 1.12. The van der Waals surface area contributed by atoms with Crippen LogP contribution in [0.25, 0.3) is 0 Å². The van der Waals surface area contributed by atoms with Crippen molar-refractivity contribution in [2.75, 3.05) is 0 Å². The largest absolute Gasteiger partial charge is 0.327 e. The molecular formula is C7H14N2. The SMILES string of the molecule is NC1CC=CCC(N)C1. The number of hydrogen-bond donors (Lipinski definition) is 2. The van der Waals surface area contributed by atoms with Crippen molar-refractivity contribution in [2.24, 2.45) is 11.5 Å². The molecule has 4 N–H and O–H groups in total. The Balaban J connectivity index is 2.40. The second-order valence-corrected chi connectivity index (χ2v) is 2.70. The maximum Gasteiger partial charge on any atom is 0.00882 e. The Bertz CT molecular complexity index is 97.5. The first kappa shape index (κ1) is 6.78. The highest BCUT2D eigenvalue weighted by Gasteiger charge is 2.09. The normalized spacial score (nSPS) is 36.2. The molecule has 2 atom stereocenters. The van der Waals surface area contributed by atoms with E-state index in [1.165, 1.54) is 0 Å². The van der Waals surface area contributed by atoms with Gasteiger partial charge in [-0.15, -0.1) is 0 Å². The maximum absolute atomic E-state index is 5.69. The van der Waals surface area contributed by atoms with E-state index in [-0.39, 0.29) is 0 Å². The summed E-state index contributed by atoms with van der Waals surface area (Å²) >= 11 is 0. The van der Waals surface area contributed by atoms with E-state index in [9.17, 15) is 0 Å². The van der Waals surface area contributed by atoms with Crippen LogP contribution in [0.4, 0.5) is 0 Å². The van der Waals surface area contributed by atoms with Gasteiger partial charge in [0.1, 0.15) is 0 Å². The van der Waals surface area contributed by atoms with Crippen molar-refractivity contribution in [3.05, 3.63) is 12.2 Å². The Morgan fingerprint density at radius 2 is 1.44 bits per heavy atom. The Morgan fingerprint density at radius 3 is 1.89 bits per heavy atom. The Morgan fingerprint density at radius 1 is 1.00 bits per heavy atom. The van der Waals surface area contributed by atoms with Gasteiger partial charge in [0.05, 0.1) is 0 Å². The minimum absolute atomic E-state index is 0.291. The zero-order chi connectivity index (χ0) is 6.69. The molecule has 52 valence electrons. The third-order valence-corrected chi connectivity index (χ3v) is 1.65. The van der Waals surface area contributed by atoms with Crippen LogP contribution in [0.1, 0.15) is 19.3 Å². The summed E-state index contributed by atoms with van der Waals surface area (Å²) in [5.74, 6) is 0. The molecule has 0 aliphatic heterocycles. The number of rotatable bonds is 0. The lowest BCUT2D eigenvalue weighted by Crippen LogP contribution is -2.29. The van der Waals surface area contributed by atoms with Gasteiger partial charge in [-0.25, -0.2) is 0 Å². The van der Waals surface area contributed by atoms with Crippen LogP contribution in [-0.2, 0) is 0 Å². The van der Waals surface area contributed by atoms with Crippen molar-refractivity contribution in [1.29, 1.82) is 0 Å². The van der Waals surface area contributed by atoms with Gasteiger partial charge in [-0.1, -0.05) is 12.2 Å². The van der Waals surface area contributed by atoms with Gasteiger partial charge in [0.2, 0.25) is 0 Å². The van der Waals surface area contributed by atoms with Crippen molar-refractivity contribution in [1.82, 2.24) is 0 Å². The quantitative estimate of drug-likeness (QED) is 0.461. The first-order chi connectivity index (χ1) is 4.29. The summed E-state index contributed by atoms with van der Waals surface area (Å²) in [5, 5.41) is 0. The van der Waals surface area contributed by atoms with E-state index in [1.807, 2.05) is 0 Å². The molecule has 2 nitrogen and oxygen atoms in total. The van der Waals surface area contributed by atoms with Gasteiger partial charge >= 0.3 is 0 Å². The minimum Gasteiger partial charge on any atom is -0.327 e. The van der Waals surface area contributed by atoms with Crippen molar-refractivity contribution >= 4 is 0 Å². The predicted octanol–water partition coefficient (Wildman–Crippen LogP) is 0.381. The smallest absolute Gasteiger partial charge is 0.00882 e. The van der Waals surface area contributed by atoms with E-state index < -0.39 is 0 Å². The average Bonchev–Trinajstić information content (AvgIpc) is 1.93. The fourth-order valence-corrected chi connectivity index (χ4v) is 1.12. The first-order valence-corrected chi connectivity index (χ1v) is 3.45. The van der Waals surface area contributed by atoms with Crippen LogP contribution in [-0.4, -0.2) is 12.1 Å². The van der Waals surface area contributed by atoms with E-state index in [4.69, 9.17) is 11.5 Å². The number of hydrogen-bond acceptors (Lipinski definition) is 2. The van der Waals surface area contributed by atoms with Crippen molar-refractivity contribution in [3.8, 4) is 0 Å². The molecule has 1 rings (SSSR count). The molecule has 2 heteroatoms. The average molecular weight is 126 g/mol. The summed E-state index contributed by atoms with van der Waals surface area (Å²) in [6.07, 6.45) is 7.20. The van der Waals surface area contributed by atoms with E-state index in [2.05, 4.69) is 12.2 Å². The summed E-state index contributed by atoms with van der Waals surface area (Å²) in [6, 6.07) is 0.581. The molecule has 0 saturated heterocycles. The summed E-state index contributed by atoms with van der Waals surface area (Å²) in [5.41, 5.74) is 11.4. The maximum atomic E-state index is 5.69. The van der Waals surface area contributed by atoms with Gasteiger partial charge in [0, 0.05) is 12.1 Å². The molecule has 1 aliphatic rings. The Hall–Kier alpha value is -0.340. The van der Waals surface area contributed by atoms with Gasteiger partial charge in [0.15, 0.2) is 0 Å². The summed E-state index contributed by atoms with van der Waals surface area (Å²) in [4.78, 5) is 0. The van der Waals surface area contributed by atoms with E-state index in [0.717, 1.165) is 19.3 Å². The molecule has 0 heterocycles. The molecule has 0 aromatic heterocycles. The Labute approximate surface area is 55.9 Å². The van der Waals surface area contributed by atoms with Gasteiger partial charge in [0.25, 0.3) is 0 Å². The highest BCUT2D eigenvalue weighted by Crippen LogP contribution is 2.07. The zero-order valence-electron chi connectivity index (χ0n) is 5.59. The van der Waals surface area contributed by atoms with Gasteiger partial charge < -0.3 is 11.5 Å². The van der Waals surface area contributed by atoms with Crippen LogP contribution in [0.3, 0.4) is 0 Å². The molecule has 0 amide bonds. The van der Waals surface area contributed by atoms with Crippen LogP contribution in [0.15, 0.2) is 12.2 Å². The van der Waals surface area contributed by atoms with E-state index in [1.54, 1.807) is 0 Å². The lowest BCUT2D eigenvalue weighted by atomic mass is 10.1. The molecule has 0 saturated carbocycles. The topological polar surface area (TPSA) is 52.0 Å². The van der Waals surface area contributed by atoms with Crippen LogP contribution in [0, 0.1) is 0 Å². The fraction of sp³-hybridized carbons (Fsp3) is 0.714. The summed E-state index contributed by atoms with van der Waals surface area (Å²) in [6.45, 7) is 0. The molecule has 0 fully saturated rings. The van der Waals surface area contributed by atoms with E-state index >= 15 is 0 Å². The van der Waals surface area contributed by atoms with Crippen LogP contribution >= 0.6 is 0 Å². The summed E-state index contributed by atoms with van der Waals surface area (Å²) < 4.78 is 0. The zero-order valence-corrected chi connectivity index (χ0v) is 5.59. The molecule has 1 aliphatic carbocycles. The minimum atomic E-state index is 0.291. The highest BCUT2D eigenvalue weighted by atomic mass is 14.7. The van der Waals surface area contributed by atoms with Gasteiger partial charge in [-0.05, 0) is 19.3 Å². The second-order valence-electron chi connectivity index (χ2n) is 2.70. The van der Waals surface area contributed by atoms with Gasteiger partial charge in [-0.2, -0.15) is 0 Å². The van der Waals surface area contributed by atoms with Crippen molar-refractivity contribution in [3.63, 3.8) is 0 Å². The molecule has 2 unspecified atom stereocenters. The molecule has 0 aromatic rings. The van der Waals surface area contributed by atoms with Crippen LogP contribution in [0.2, 0.25) is 0 Å². The predicted molar refractivity (Wildman–Crippen MR) is 38.9 cm³/mol. The molecule has 9 heavy (non-hydrogen) atoms. The Kier molecular flexibility index (Phi) is 2.25. The van der Waals surface area contributed by atoms with E-state index in [0.29, 0.717) is 12.1 Å². The molecule has 0 aromatic carbocycles. The summed E-state index contributed by atoms with van der Waals surface area (Å²) in [7, 11) is 0. The highest BCUT2D eigenvalue weighted by molar-refractivity contribution is 4.93. The van der Waals surface area contributed by atoms with Crippen molar-refractivity contribution in [2.45, 2.75) is 31.3 Å². The molecular weight excluding hydrogens is 112 g/mol. The van der Waals surface area contributed by atoms with Crippen LogP contribution < -0.4 is 11.5 Å². The lowest BCUT2D eigenvalue weighted by molar-refractivity contribution is 0.541.